The van der Waals surface area contributed by atoms with Crippen molar-refractivity contribution in [3.63, 3.8) is 0 Å². The van der Waals surface area contributed by atoms with E-state index in [1.165, 1.54) is 11.1 Å². The van der Waals surface area contributed by atoms with Crippen molar-refractivity contribution in [3.05, 3.63) is 69.7 Å². The minimum Gasteiger partial charge on any atom is -0.373 e. The van der Waals surface area contributed by atoms with Crippen LogP contribution in [0.2, 0.25) is 0 Å². The lowest BCUT2D eigenvalue weighted by atomic mass is 9.93. The van der Waals surface area contributed by atoms with Crippen LogP contribution in [0.15, 0.2) is 53.0 Å². The van der Waals surface area contributed by atoms with Gasteiger partial charge in [-0.05, 0) is 35.2 Å². The van der Waals surface area contributed by atoms with Crippen molar-refractivity contribution in [2.45, 2.75) is 25.4 Å². The number of rotatable bonds is 4. The van der Waals surface area contributed by atoms with Crippen molar-refractivity contribution in [2.75, 3.05) is 6.61 Å². The van der Waals surface area contributed by atoms with E-state index in [2.05, 4.69) is 28.1 Å². The van der Waals surface area contributed by atoms with Gasteiger partial charge in [-0.2, -0.15) is 0 Å². The van der Waals surface area contributed by atoms with Crippen molar-refractivity contribution >= 4 is 21.7 Å². The largest absolute Gasteiger partial charge is 0.373 e. The maximum Gasteiger partial charge on any atom is 0.140 e. The van der Waals surface area contributed by atoms with Crippen molar-refractivity contribution in [2.24, 2.45) is 0 Å². The van der Waals surface area contributed by atoms with Gasteiger partial charge in [0.2, 0.25) is 0 Å². The summed E-state index contributed by atoms with van der Waals surface area (Å²) in [5.74, 6) is 0.221. The van der Waals surface area contributed by atoms with Crippen LogP contribution < -0.4 is 0 Å². The van der Waals surface area contributed by atoms with E-state index in [1.807, 2.05) is 36.4 Å². The molecule has 0 aliphatic carbocycles. The Morgan fingerprint density at radius 2 is 1.90 bits per heavy atom. The highest BCUT2D eigenvalue weighted by Gasteiger charge is 2.22. The Bertz CT molecular complexity index is 634. The number of hydrogen-bond donors (Lipinski definition) is 0. The van der Waals surface area contributed by atoms with Crippen LogP contribution in [0.1, 0.15) is 29.2 Å². The highest BCUT2D eigenvalue weighted by molar-refractivity contribution is 9.10. The van der Waals surface area contributed by atoms with Crippen LogP contribution >= 0.6 is 15.9 Å². The molecule has 21 heavy (non-hydrogen) atoms. The van der Waals surface area contributed by atoms with Crippen LogP contribution in [-0.2, 0) is 22.4 Å². The van der Waals surface area contributed by atoms with Crippen LogP contribution in [0.5, 0.6) is 0 Å². The van der Waals surface area contributed by atoms with Crippen LogP contribution in [0.25, 0.3) is 0 Å². The second-order valence-electron chi connectivity index (χ2n) is 5.35. The zero-order valence-corrected chi connectivity index (χ0v) is 13.3. The number of benzene rings is 2. The summed E-state index contributed by atoms with van der Waals surface area (Å²) in [4.78, 5) is 12.3. The van der Waals surface area contributed by atoms with Crippen molar-refractivity contribution < 1.29 is 9.53 Å². The number of halogens is 1. The molecule has 3 rings (SSSR count). The fraction of sp³-hybridized carbons (Fsp3) is 0.278. The average Bonchev–Trinajstić information content (AvgIpc) is 2.50. The quantitative estimate of drug-likeness (QED) is 0.827. The normalized spacial score (nSPS) is 17.3. The van der Waals surface area contributed by atoms with E-state index in [-0.39, 0.29) is 11.9 Å². The molecule has 0 bridgehead atoms. The second kappa shape index (κ2) is 6.54. The summed E-state index contributed by atoms with van der Waals surface area (Å²) in [6, 6.07) is 16.2. The van der Waals surface area contributed by atoms with Crippen LogP contribution in [0, 0.1) is 0 Å². The molecule has 1 heterocycles. The number of Topliss-reactive ketones (excluding diaryl/α,β-unsaturated/α-hetero) is 1. The van der Waals surface area contributed by atoms with Crippen LogP contribution in [0.4, 0.5) is 0 Å². The third kappa shape index (κ3) is 3.60. The van der Waals surface area contributed by atoms with Gasteiger partial charge in [0.25, 0.3) is 0 Å². The Labute approximate surface area is 133 Å². The summed E-state index contributed by atoms with van der Waals surface area (Å²) >= 11 is 3.40. The van der Waals surface area contributed by atoms with Gasteiger partial charge in [0.15, 0.2) is 0 Å². The molecule has 0 N–H and O–H groups in total. The van der Waals surface area contributed by atoms with Gasteiger partial charge in [-0.15, -0.1) is 0 Å². The smallest absolute Gasteiger partial charge is 0.140 e. The highest BCUT2D eigenvalue weighted by Crippen LogP contribution is 2.30. The van der Waals surface area contributed by atoms with Gasteiger partial charge in [0, 0.05) is 17.3 Å². The predicted octanol–water partition coefficient (Wildman–Crippen LogP) is 4.26. The van der Waals surface area contributed by atoms with Gasteiger partial charge in [0.1, 0.15) is 5.78 Å². The Kier molecular flexibility index (Phi) is 4.51. The third-order valence-corrected chi connectivity index (χ3v) is 4.35. The summed E-state index contributed by atoms with van der Waals surface area (Å²) in [6.07, 6.45) is 1.77. The van der Waals surface area contributed by atoms with Gasteiger partial charge in [0.05, 0.1) is 12.7 Å². The van der Waals surface area contributed by atoms with Crippen molar-refractivity contribution in [3.8, 4) is 0 Å². The van der Waals surface area contributed by atoms with Gasteiger partial charge >= 0.3 is 0 Å². The first-order valence-corrected chi connectivity index (χ1v) is 7.97. The molecule has 1 aliphatic heterocycles. The van der Waals surface area contributed by atoms with Gasteiger partial charge in [-0.3, -0.25) is 4.79 Å². The number of fused-ring (bicyclic) bond motifs is 1. The van der Waals surface area contributed by atoms with E-state index in [9.17, 15) is 4.79 Å². The number of ether oxygens (including phenoxy) is 1. The SMILES string of the molecule is O=C(Cc1ccc(Br)cc1)CC1OCCc2ccccc21. The topological polar surface area (TPSA) is 26.3 Å². The fourth-order valence-electron chi connectivity index (χ4n) is 2.75. The molecule has 108 valence electrons. The number of hydrogen-bond acceptors (Lipinski definition) is 2. The molecule has 0 aromatic heterocycles. The lowest BCUT2D eigenvalue weighted by Gasteiger charge is -2.25. The molecule has 0 amide bonds. The standard InChI is InChI=1S/C18H17BrO2/c19-15-7-5-13(6-8-15)11-16(20)12-18-17-4-2-1-3-14(17)9-10-21-18/h1-8,18H,9-12H2. The molecule has 0 saturated heterocycles. The van der Waals surface area contributed by atoms with E-state index in [1.54, 1.807) is 0 Å². The molecule has 3 heteroatoms. The molecule has 2 nitrogen and oxygen atoms in total. The Balaban J connectivity index is 1.67. The molecule has 0 saturated carbocycles. The summed E-state index contributed by atoms with van der Waals surface area (Å²) in [5.41, 5.74) is 3.53. The zero-order valence-electron chi connectivity index (χ0n) is 11.7. The zero-order chi connectivity index (χ0) is 14.7. The van der Waals surface area contributed by atoms with Crippen molar-refractivity contribution in [1.82, 2.24) is 0 Å². The Morgan fingerprint density at radius 3 is 2.71 bits per heavy atom. The third-order valence-electron chi connectivity index (χ3n) is 3.82. The fourth-order valence-corrected chi connectivity index (χ4v) is 3.02. The first-order valence-electron chi connectivity index (χ1n) is 7.18. The lowest BCUT2D eigenvalue weighted by Crippen LogP contribution is -2.19. The number of carbonyl (C=O) groups excluding carboxylic acids is 1. The van der Waals surface area contributed by atoms with E-state index in [4.69, 9.17) is 4.74 Å². The maximum atomic E-state index is 12.3. The van der Waals surface area contributed by atoms with Gasteiger partial charge < -0.3 is 4.74 Å². The van der Waals surface area contributed by atoms with E-state index in [0.29, 0.717) is 19.4 Å². The van der Waals surface area contributed by atoms with Crippen molar-refractivity contribution in [1.29, 1.82) is 0 Å². The van der Waals surface area contributed by atoms with Crippen LogP contribution in [0.3, 0.4) is 0 Å². The molecule has 2 aromatic carbocycles. The van der Waals surface area contributed by atoms with E-state index < -0.39 is 0 Å². The molecule has 1 unspecified atom stereocenters. The molecule has 2 aromatic rings. The lowest BCUT2D eigenvalue weighted by molar-refractivity contribution is -0.121. The summed E-state index contributed by atoms with van der Waals surface area (Å²) < 4.78 is 6.83. The van der Waals surface area contributed by atoms with Gasteiger partial charge in [-0.25, -0.2) is 0 Å². The first kappa shape index (κ1) is 14.5. The molecule has 1 atom stereocenters. The molecule has 0 spiro atoms. The summed E-state index contributed by atoms with van der Waals surface area (Å²) in [5, 5.41) is 0. The second-order valence-corrected chi connectivity index (χ2v) is 6.27. The maximum absolute atomic E-state index is 12.3. The summed E-state index contributed by atoms with van der Waals surface area (Å²) in [7, 11) is 0. The number of carbonyl (C=O) groups is 1. The Hall–Kier alpha value is -1.45. The molecule has 0 radical (unpaired) electrons. The van der Waals surface area contributed by atoms with E-state index in [0.717, 1.165) is 16.5 Å². The minimum atomic E-state index is -0.0853. The Morgan fingerprint density at radius 1 is 1.14 bits per heavy atom. The first-order chi connectivity index (χ1) is 10.2. The molecular formula is C18H17BrO2. The number of ketones is 1. The predicted molar refractivity (Wildman–Crippen MR) is 86.3 cm³/mol. The monoisotopic (exact) mass is 344 g/mol. The minimum absolute atomic E-state index is 0.0853. The van der Waals surface area contributed by atoms with Gasteiger partial charge in [-0.1, -0.05) is 52.3 Å². The summed E-state index contributed by atoms with van der Waals surface area (Å²) in [6.45, 7) is 0.702. The molecular weight excluding hydrogens is 328 g/mol. The average molecular weight is 345 g/mol. The highest BCUT2D eigenvalue weighted by atomic mass is 79.9. The van der Waals surface area contributed by atoms with E-state index >= 15 is 0 Å². The van der Waals surface area contributed by atoms with Crippen LogP contribution in [-0.4, -0.2) is 12.4 Å². The molecule has 0 fully saturated rings. The molecule has 1 aliphatic rings.